The summed E-state index contributed by atoms with van der Waals surface area (Å²) in [6.07, 6.45) is 0.878. The maximum absolute atomic E-state index is 12.0. The fourth-order valence-corrected chi connectivity index (χ4v) is 2.09. The number of hydrogen-bond acceptors (Lipinski definition) is 4. The van der Waals surface area contributed by atoms with E-state index in [4.69, 9.17) is 5.11 Å². The first kappa shape index (κ1) is 14.0. The molecule has 0 saturated carbocycles. The Labute approximate surface area is 113 Å². The van der Waals surface area contributed by atoms with Crippen molar-refractivity contribution < 1.29 is 9.90 Å². The molecule has 0 fully saturated rings. The van der Waals surface area contributed by atoms with Crippen LogP contribution >= 0.6 is 0 Å². The fraction of sp³-hybridized carbons (Fsp3) is 0.500. The lowest BCUT2D eigenvalue weighted by atomic mass is 10.2. The molecule has 0 aliphatic rings. The Kier molecular flexibility index (Phi) is 3.73. The number of aryl methyl sites for hydroxylation is 2. The summed E-state index contributed by atoms with van der Waals surface area (Å²) >= 11 is 0. The molecule has 0 aliphatic carbocycles. The highest BCUT2D eigenvalue weighted by Gasteiger charge is 2.14. The molecular weight excluding hydrogens is 264 g/mol. The van der Waals surface area contributed by atoms with E-state index in [0.717, 1.165) is 4.57 Å². The van der Waals surface area contributed by atoms with E-state index in [9.17, 15) is 14.4 Å². The average Bonchev–Trinajstić information content (AvgIpc) is 2.80. The Morgan fingerprint density at radius 2 is 2.10 bits per heavy atom. The van der Waals surface area contributed by atoms with Crippen LogP contribution in [0.3, 0.4) is 0 Å². The molecule has 0 atom stereocenters. The van der Waals surface area contributed by atoms with Gasteiger partial charge < -0.3 is 10.1 Å². The van der Waals surface area contributed by atoms with Gasteiger partial charge in [0.1, 0.15) is 11.3 Å². The number of rotatable bonds is 5. The second-order valence-electron chi connectivity index (χ2n) is 4.52. The highest BCUT2D eigenvalue weighted by molar-refractivity contribution is 5.70. The van der Waals surface area contributed by atoms with Gasteiger partial charge in [-0.15, -0.1) is 0 Å². The summed E-state index contributed by atoms with van der Waals surface area (Å²) in [6.45, 7) is 2.20. The van der Waals surface area contributed by atoms with Crippen LogP contribution in [0.1, 0.15) is 25.6 Å². The maximum atomic E-state index is 12.0. The third-order valence-electron chi connectivity index (χ3n) is 3.15. The van der Waals surface area contributed by atoms with E-state index in [1.807, 2.05) is 0 Å². The van der Waals surface area contributed by atoms with Crippen LogP contribution < -0.4 is 11.2 Å². The summed E-state index contributed by atoms with van der Waals surface area (Å²) in [4.78, 5) is 41.5. The van der Waals surface area contributed by atoms with Gasteiger partial charge in [0, 0.05) is 26.4 Å². The molecule has 0 radical (unpaired) electrons. The van der Waals surface area contributed by atoms with E-state index in [2.05, 4.69) is 9.97 Å². The molecule has 8 heteroatoms. The number of carboxylic acid groups (broad SMARTS) is 1. The van der Waals surface area contributed by atoms with Crippen molar-refractivity contribution in [1.82, 2.24) is 19.1 Å². The van der Waals surface area contributed by atoms with Crippen molar-refractivity contribution in [3.8, 4) is 0 Å². The van der Waals surface area contributed by atoms with E-state index in [-0.39, 0.29) is 11.9 Å². The number of fused-ring (bicyclic) bond motifs is 1. The molecule has 2 N–H and O–H groups in total. The second-order valence-corrected chi connectivity index (χ2v) is 4.52. The molecule has 0 aliphatic heterocycles. The van der Waals surface area contributed by atoms with Crippen molar-refractivity contribution >= 4 is 17.1 Å². The molecule has 0 saturated heterocycles. The van der Waals surface area contributed by atoms with Crippen LogP contribution in [0.25, 0.3) is 11.2 Å². The van der Waals surface area contributed by atoms with Crippen LogP contribution in [0.15, 0.2) is 9.59 Å². The first-order valence-electron chi connectivity index (χ1n) is 6.36. The van der Waals surface area contributed by atoms with Crippen molar-refractivity contribution in [2.24, 2.45) is 7.05 Å². The van der Waals surface area contributed by atoms with Crippen LogP contribution in [-0.2, 0) is 24.8 Å². The summed E-state index contributed by atoms with van der Waals surface area (Å²) in [5.74, 6) is -0.353. The molecule has 2 aromatic heterocycles. The van der Waals surface area contributed by atoms with Gasteiger partial charge in [-0.25, -0.2) is 9.78 Å². The van der Waals surface area contributed by atoms with E-state index in [1.165, 1.54) is 11.6 Å². The van der Waals surface area contributed by atoms with Crippen LogP contribution in [-0.4, -0.2) is 30.2 Å². The number of aromatic nitrogens is 4. The van der Waals surface area contributed by atoms with Gasteiger partial charge in [0.05, 0.1) is 0 Å². The number of imidazole rings is 1. The van der Waals surface area contributed by atoms with Crippen molar-refractivity contribution in [3.05, 3.63) is 26.7 Å². The zero-order valence-corrected chi connectivity index (χ0v) is 11.3. The average molecular weight is 280 g/mol. The molecule has 0 aromatic carbocycles. The van der Waals surface area contributed by atoms with Crippen molar-refractivity contribution in [2.75, 3.05) is 0 Å². The number of H-pyrrole nitrogens is 1. The third-order valence-corrected chi connectivity index (χ3v) is 3.15. The fourth-order valence-electron chi connectivity index (χ4n) is 2.09. The smallest absolute Gasteiger partial charge is 0.332 e. The van der Waals surface area contributed by atoms with Crippen LogP contribution in [0.5, 0.6) is 0 Å². The standard InChI is InChI=1S/C12H16N4O4/c1-3-16-10-9(11(19)15(2)12(16)20)13-7(14-10)5-4-6-8(17)18/h3-6H2,1-2H3,(H,13,14)(H,17,18). The Morgan fingerprint density at radius 3 is 2.70 bits per heavy atom. The lowest BCUT2D eigenvalue weighted by Crippen LogP contribution is -2.37. The monoisotopic (exact) mass is 280 g/mol. The van der Waals surface area contributed by atoms with Gasteiger partial charge in [-0.1, -0.05) is 0 Å². The topological polar surface area (TPSA) is 110 Å². The number of carboxylic acids is 1. The Hall–Kier alpha value is -2.38. The summed E-state index contributed by atoms with van der Waals surface area (Å²) < 4.78 is 2.44. The zero-order chi connectivity index (χ0) is 14.9. The van der Waals surface area contributed by atoms with Gasteiger partial charge in [-0.2, -0.15) is 0 Å². The molecule has 0 bridgehead atoms. The van der Waals surface area contributed by atoms with E-state index >= 15 is 0 Å². The first-order valence-corrected chi connectivity index (χ1v) is 6.36. The van der Waals surface area contributed by atoms with Gasteiger partial charge in [-0.3, -0.25) is 18.7 Å². The van der Waals surface area contributed by atoms with Gasteiger partial charge in [0.25, 0.3) is 5.56 Å². The predicted molar refractivity (Wildman–Crippen MR) is 71.8 cm³/mol. The minimum absolute atomic E-state index is 0.0373. The third kappa shape index (κ3) is 2.36. The summed E-state index contributed by atoms with van der Waals surface area (Å²) in [7, 11) is 1.42. The normalized spacial score (nSPS) is 11.1. The lowest BCUT2D eigenvalue weighted by Gasteiger charge is -2.04. The highest BCUT2D eigenvalue weighted by atomic mass is 16.4. The van der Waals surface area contributed by atoms with Gasteiger partial charge in [0.15, 0.2) is 5.65 Å². The molecule has 8 nitrogen and oxygen atoms in total. The molecule has 0 unspecified atom stereocenters. The SMILES string of the molecule is CCn1c(=O)n(C)c(=O)c2[nH]c(CCCC(=O)O)nc21. The van der Waals surface area contributed by atoms with Crippen molar-refractivity contribution in [2.45, 2.75) is 32.7 Å². The lowest BCUT2D eigenvalue weighted by molar-refractivity contribution is -0.137. The quantitative estimate of drug-likeness (QED) is 0.791. The molecule has 2 rings (SSSR count). The molecule has 2 heterocycles. The molecule has 20 heavy (non-hydrogen) atoms. The number of nitrogens with zero attached hydrogens (tertiary/aromatic N) is 3. The summed E-state index contributed by atoms with van der Waals surface area (Å²) in [5, 5.41) is 8.60. The predicted octanol–water partition coefficient (Wildman–Crippen LogP) is -0.149. The van der Waals surface area contributed by atoms with Crippen molar-refractivity contribution in [3.63, 3.8) is 0 Å². The van der Waals surface area contributed by atoms with Crippen LogP contribution in [0, 0.1) is 0 Å². The maximum Gasteiger partial charge on any atom is 0.332 e. The van der Waals surface area contributed by atoms with Gasteiger partial charge in [-0.05, 0) is 13.3 Å². The molecule has 108 valence electrons. The van der Waals surface area contributed by atoms with Crippen molar-refractivity contribution in [1.29, 1.82) is 0 Å². The minimum Gasteiger partial charge on any atom is -0.481 e. The number of hydrogen-bond donors (Lipinski definition) is 2. The molecule has 2 aromatic rings. The molecular formula is C12H16N4O4. The Balaban J connectivity index is 2.48. The number of nitrogens with one attached hydrogen (secondary N) is 1. The van der Waals surface area contributed by atoms with E-state index < -0.39 is 17.2 Å². The van der Waals surface area contributed by atoms with Gasteiger partial charge >= 0.3 is 11.7 Å². The van der Waals surface area contributed by atoms with Crippen LogP contribution in [0.2, 0.25) is 0 Å². The second kappa shape index (κ2) is 5.32. The number of aromatic amines is 1. The summed E-state index contributed by atoms with van der Waals surface area (Å²) in [5.41, 5.74) is -0.231. The largest absolute Gasteiger partial charge is 0.481 e. The number of aliphatic carboxylic acids is 1. The summed E-state index contributed by atoms with van der Waals surface area (Å²) in [6, 6.07) is 0. The zero-order valence-electron chi connectivity index (χ0n) is 11.3. The van der Waals surface area contributed by atoms with Gasteiger partial charge in [0.2, 0.25) is 0 Å². The molecule has 0 amide bonds. The Morgan fingerprint density at radius 1 is 1.40 bits per heavy atom. The van der Waals surface area contributed by atoms with E-state index in [0.29, 0.717) is 30.9 Å². The first-order chi connectivity index (χ1) is 9.45. The van der Waals surface area contributed by atoms with E-state index in [1.54, 1.807) is 6.92 Å². The number of carbonyl (C=O) groups is 1. The minimum atomic E-state index is -0.873. The Bertz CT molecular complexity index is 768. The highest BCUT2D eigenvalue weighted by Crippen LogP contribution is 2.08. The van der Waals surface area contributed by atoms with Crippen LogP contribution in [0.4, 0.5) is 0 Å². The molecule has 0 spiro atoms.